The van der Waals surface area contributed by atoms with Gasteiger partial charge in [-0.25, -0.2) is 4.79 Å². The molecule has 2 atom stereocenters. The average molecular weight is 303 g/mol. The van der Waals surface area contributed by atoms with Crippen LogP contribution in [0.15, 0.2) is 18.2 Å². The van der Waals surface area contributed by atoms with E-state index in [1.165, 1.54) is 17.5 Å². The second-order valence-electron chi connectivity index (χ2n) is 6.21. The lowest BCUT2D eigenvalue weighted by atomic mass is 10.0. The molecular formula is C17H21NO4. The van der Waals surface area contributed by atoms with E-state index >= 15 is 0 Å². The zero-order chi connectivity index (χ0) is 15.7. The van der Waals surface area contributed by atoms with Gasteiger partial charge in [0, 0.05) is 6.54 Å². The largest absolute Gasteiger partial charge is 0.479 e. The molecule has 1 unspecified atom stereocenters. The second-order valence-corrected chi connectivity index (χ2v) is 6.21. The Hall–Kier alpha value is -1.88. The molecule has 2 aliphatic rings. The van der Waals surface area contributed by atoms with E-state index in [1.807, 2.05) is 6.07 Å². The third kappa shape index (κ3) is 3.14. The van der Waals surface area contributed by atoms with Crippen LogP contribution < -0.4 is 0 Å². The Morgan fingerprint density at radius 2 is 2.05 bits per heavy atom. The van der Waals surface area contributed by atoms with Crippen LogP contribution in [0.2, 0.25) is 0 Å². The number of aryl methyl sites for hydroxylation is 2. The molecular weight excluding hydrogens is 282 g/mol. The Morgan fingerprint density at radius 3 is 2.82 bits per heavy atom. The highest BCUT2D eigenvalue weighted by Gasteiger charge is 2.32. The maximum Gasteiger partial charge on any atom is 0.334 e. The number of aliphatic carboxylic acids is 1. The van der Waals surface area contributed by atoms with Crippen LogP contribution in [0.25, 0.3) is 0 Å². The summed E-state index contributed by atoms with van der Waals surface area (Å²) in [7, 11) is 0. The van der Waals surface area contributed by atoms with Gasteiger partial charge in [0.25, 0.3) is 0 Å². The minimum atomic E-state index is -1.01. The van der Waals surface area contributed by atoms with Gasteiger partial charge in [0.2, 0.25) is 5.91 Å². The minimum absolute atomic E-state index is 0.0284. The van der Waals surface area contributed by atoms with Crippen molar-refractivity contribution in [1.82, 2.24) is 4.90 Å². The smallest absolute Gasteiger partial charge is 0.334 e. The van der Waals surface area contributed by atoms with Crippen molar-refractivity contribution >= 4 is 11.9 Å². The zero-order valence-corrected chi connectivity index (χ0v) is 12.7. The first-order valence-electron chi connectivity index (χ1n) is 7.79. The number of carbonyl (C=O) groups excluding carboxylic acids is 1. The second kappa shape index (κ2) is 6.08. The molecule has 3 rings (SSSR count). The van der Waals surface area contributed by atoms with E-state index in [-0.39, 0.29) is 18.6 Å². The number of carbonyl (C=O) groups is 2. The minimum Gasteiger partial charge on any atom is -0.479 e. The van der Waals surface area contributed by atoms with E-state index < -0.39 is 12.1 Å². The molecule has 22 heavy (non-hydrogen) atoms. The van der Waals surface area contributed by atoms with Gasteiger partial charge in [-0.05, 0) is 42.9 Å². The molecule has 1 aromatic carbocycles. The highest BCUT2D eigenvalue weighted by atomic mass is 16.5. The Kier molecular flexibility index (Phi) is 4.16. The van der Waals surface area contributed by atoms with Crippen LogP contribution in [0.3, 0.4) is 0 Å². The number of nitrogens with zero attached hydrogens (tertiary/aromatic N) is 1. The van der Waals surface area contributed by atoms with Gasteiger partial charge in [-0.15, -0.1) is 0 Å². The molecule has 1 aliphatic heterocycles. The van der Waals surface area contributed by atoms with Gasteiger partial charge in [-0.1, -0.05) is 18.2 Å². The van der Waals surface area contributed by atoms with Crippen molar-refractivity contribution < 1.29 is 19.4 Å². The lowest BCUT2D eigenvalue weighted by Gasteiger charge is -2.35. The molecule has 1 saturated heterocycles. The first kappa shape index (κ1) is 15.0. The van der Waals surface area contributed by atoms with Crippen molar-refractivity contribution in [3.05, 3.63) is 34.9 Å². The van der Waals surface area contributed by atoms with Crippen molar-refractivity contribution in [1.29, 1.82) is 0 Å². The summed E-state index contributed by atoms with van der Waals surface area (Å²) in [6, 6.07) is 6.26. The fourth-order valence-electron chi connectivity index (χ4n) is 3.31. The van der Waals surface area contributed by atoms with Gasteiger partial charge >= 0.3 is 5.97 Å². The summed E-state index contributed by atoms with van der Waals surface area (Å²) in [5, 5.41) is 9.09. The Morgan fingerprint density at radius 1 is 1.27 bits per heavy atom. The molecule has 1 N–H and O–H groups in total. The van der Waals surface area contributed by atoms with Gasteiger partial charge in [0.15, 0.2) is 6.10 Å². The summed E-state index contributed by atoms with van der Waals surface area (Å²) in [6.45, 7) is 2.38. The van der Waals surface area contributed by atoms with Crippen molar-refractivity contribution in [2.75, 3.05) is 13.1 Å². The normalized spacial score (nSPS) is 24.1. The molecule has 1 amide bonds. The summed E-state index contributed by atoms with van der Waals surface area (Å²) >= 11 is 0. The molecule has 5 heteroatoms. The van der Waals surface area contributed by atoms with Gasteiger partial charge in [0.05, 0.1) is 19.1 Å². The highest BCUT2D eigenvalue weighted by molar-refractivity contribution is 5.80. The number of hydrogen-bond donors (Lipinski definition) is 1. The lowest BCUT2D eigenvalue weighted by Crippen LogP contribution is -2.52. The number of fused-ring (bicyclic) bond motifs is 1. The first-order chi connectivity index (χ1) is 10.5. The fraction of sp³-hybridized carbons (Fsp3) is 0.529. The molecule has 0 aromatic heterocycles. The van der Waals surface area contributed by atoms with Crippen LogP contribution in [0.1, 0.15) is 30.0 Å². The summed E-state index contributed by atoms with van der Waals surface area (Å²) in [4.78, 5) is 25.2. The number of carboxylic acids is 1. The van der Waals surface area contributed by atoms with Gasteiger partial charge in [-0.3, -0.25) is 4.79 Å². The molecule has 0 spiro atoms. The Labute approximate surface area is 129 Å². The van der Waals surface area contributed by atoms with Gasteiger partial charge in [-0.2, -0.15) is 0 Å². The highest BCUT2D eigenvalue weighted by Crippen LogP contribution is 2.23. The summed E-state index contributed by atoms with van der Waals surface area (Å²) in [6.07, 6.45) is 2.56. The monoisotopic (exact) mass is 303 g/mol. The number of morpholine rings is 1. The number of amides is 1. The third-order valence-corrected chi connectivity index (χ3v) is 4.41. The molecule has 1 heterocycles. The number of ether oxygens (including phenoxy) is 1. The summed E-state index contributed by atoms with van der Waals surface area (Å²) in [5.41, 5.74) is 3.75. The Balaban J connectivity index is 1.67. The maximum atomic E-state index is 12.5. The molecule has 118 valence electrons. The Bertz CT molecular complexity index is 598. The molecule has 1 fully saturated rings. The summed E-state index contributed by atoms with van der Waals surface area (Å²) in [5.74, 6) is -1.04. The molecule has 5 nitrogen and oxygen atoms in total. The molecule has 0 saturated carbocycles. The summed E-state index contributed by atoms with van der Waals surface area (Å²) < 4.78 is 5.35. The molecule has 0 bridgehead atoms. The third-order valence-electron chi connectivity index (χ3n) is 4.41. The van der Waals surface area contributed by atoms with E-state index in [4.69, 9.17) is 9.84 Å². The molecule has 1 aliphatic carbocycles. The quantitative estimate of drug-likeness (QED) is 0.917. The van der Waals surface area contributed by atoms with Gasteiger partial charge in [0.1, 0.15) is 0 Å². The van der Waals surface area contributed by atoms with Crippen LogP contribution in [-0.2, 0) is 33.6 Å². The van der Waals surface area contributed by atoms with Crippen LogP contribution in [0, 0.1) is 0 Å². The standard InChI is InChI=1S/C17H21NO4/c1-11-9-18(10-15(22-11)17(20)21)16(19)8-12-5-6-13-3-2-4-14(13)7-12/h5-7,11,15H,2-4,8-10H2,1H3,(H,20,21)/t11-,15?/m1/s1. The van der Waals surface area contributed by atoms with Crippen molar-refractivity contribution in [3.8, 4) is 0 Å². The van der Waals surface area contributed by atoms with E-state index in [0.717, 1.165) is 18.4 Å². The predicted octanol–water partition coefficient (Wildman–Crippen LogP) is 1.42. The van der Waals surface area contributed by atoms with Crippen LogP contribution in [0.5, 0.6) is 0 Å². The molecule has 1 aromatic rings. The average Bonchev–Trinajstić information content (AvgIpc) is 2.94. The van der Waals surface area contributed by atoms with Crippen molar-refractivity contribution in [3.63, 3.8) is 0 Å². The number of rotatable bonds is 3. The van der Waals surface area contributed by atoms with Crippen LogP contribution in [0.4, 0.5) is 0 Å². The zero-order valence-electron chi connectivity index (χ0n) is 12.7. The number of benzene rings is 1. The van der Waals surface area contributed by atoms with Crippen molar-refractivity contribution in [2.24, 2.45) is 0 Å². The van der Waals surface area contributed by atoms with Gasteiger partial charge < -0.3 is 14.7 Å². The van der Waals surface area contributed by atoms with Crippen LogP contribution in [-0.4, -0.2) is 47.2 Å². The first-order valence-corrected chi connectivity index (χ1v) is 7.79. The number of hydrogen-bond acceptors (Lipinski definition) is 3. The number of carboxylic acid groups (broad SMARTS) is 1. The van der Waals surface area contributed by atoms with Crippen LogP contribution >= 0.6 is 0 Å². The van der Waals surface area contributed by atoms with E-state index in [1.54, 1.807) is 11.8 Å². The van der Waals surface area contributed by atoms with E-state index in [2.05, 4.69) is 12.1 Å². The predicted molar refractivity (Wildman–Crippen MR) is 80.7 cm³/mol. The molecule has 0 radical (unpaired) electrons. The topological polar surface area (TPSA) is 66.8 Å². The van der Waals surface area contributed by atoms with E-state index in [9.17, 15) is 9.59 Å². The lowest BCUT2D eigenvalue weighted by molar-refractivity contribution is -0.166. The maximum absolute atomic E-state index is 12.5. The van der Waals surface area contributed by atoms with E-state index in [0.29, 0.717) is 13.0 Å². The van der Waals surface area contributed by atoms with Crippen molar-refractivity contribution in [2.45, 2.75) is 44.8 Å². The SMILES string of the molecule is C[C@@H]1CN(C(=O)Cc2ccc3c(c2)CCC3)CC(C(=O)O)O1. The fourth-order valence-corrected chi connectivity index (χ4v) is 3.31.